The highest BCUT2D eigenvalue weighted by Crippen LogP contribution is 2.45. The number of carbonyl (C=O) groups is 1. The van der Waals surface area contributed by atoms with E-state index >= 15 is 0 Å². The normalized spacial score (nSPS) is 21.3. The Hall–Kier alpha value is -3.67. The second kappa shape index (κ2) is 9.26. The largest absolute Gasteiger partial charge is 0.486 e. The van der Waals surface area contributed by atoms with E-state index in [1.807, 2.05) is 0 Å². The predicted molar refractivity (Wildman–Crippen MR) is 126 cm³/mol. The fourth-order valence-electron chi connectivity index (χ4n) is 4.76. The molecule has 6 nitrogen and oxygen atoms in total. The predicted octanol–water partition coefficient (Wildman–Crippen LogP) is 5.72. The number of hydrogen-bond donors (Lipinski definition) is 1. The number of ether oxygens (including phenoxy) is 1. The van der Waals surface area contributed by atoms with E-state index in [0.29, 0.717) is 6.07 Å². The SMILES string of the molecule is O=C(O)[C@H]1C[C@H](C2CN(S(=O)(=O)c3cccc(C(F)(F)F)c3)c3cc(-c4cc(F)ccc4F)ccc3O2)C1. The van der Waals surface area contributed by atoms with E-state index in [2.05, 4.69) is 0 Å². The van der Waals surface area contributed by atoms with Crippen LogP contribution in [0.5, 0.6) is 5.75 Å². The summed E-state index contributed by atoms with van der Waals surface area (Å²) in [6.07, 6.45) is -5.05. The summed E-state index contributed by atoms with van der Waals surface area (Å²) in [4.78, 5) is 10.6. The average molecular weight is 554 g/mol. The number of fused-ring (bicyclic) bond motifs is 1. The number of anilines is 1. The third-order valence-corrected chi connectivity index (χ3v) is 8.67. The van der Waals surface area contributed by atoms with Crippen molar-refractivity contribution in [2.75, 3.05) is 10.8 Å². The van der Waals surface area contributed by atoms with Crippen molar-refractivity contribution in [2.24, 2.45) is 11.8 Å². The molecule has 1 saturated carbocycles. The molecule has 3 aromatic rings. The maximum Gasteiger partial charge on any atom is 0.416 e. The smallest absolute Gasteiger partial charge is 0.416 e. The molecule has 200 valence electrons. The first-order chi connectivity index (χ1) is 17.8. The van der Waals surface area contributed by atoms with Crippen molar-refractivity contribution < 1.29 is 45.0 Å². The summed E-state index contributed by atoms with van der Waals surface area (Å²) in [5, 5.41) is 9.21. The Kier molecular flexibility index (Phi) is 6.33. The number of alkyl halides is 3. The van der Waals surface area contributed by atoms with Gasteiger partial charge in [-0.2, -0.15) is 13.2 Å². The van der Waals surface area contributed by atoms with Gasteiger partial charge in [0.05, 0.1) is 28.6 Å². The van der Waals surface area contributed by atoms with Gasteiger partial charge in [0.15, 0.2) is 0 Å². The molecule has 1 atom stereocenters. The van der Waals surface area contributed by atoms with Crippen molar-refractivity contribution in [3.05, 3.63) is 77.9 Å². The number of carboxylic acids is 1. The number of hydrogen-bond acceptors (Lipinski definition) is 4. The molecular weight excluding hydrogens is 533 g/mol. The van der Waals surface area contributed by atoms with Crippen LogP contribution < -0.4 is 9.04 Å². The molecule has 1 heterocycles. The fourth-order valence-corrected chi connectivity index (χ4v) is 6.29. The molecule has 1 unspecified atom stereocenters. The summed E-state index contributed by atoms with van der Waals surface area (Å²) < 4.78 is 103. The molecule has 0 radical (unpaired) electrons. The van der Waals surface area contributed by atoms with Crippen LogP contribution in [0.1, 0.15) is 18.4 Å². The van der Waals surface area contributed by atoms with Crippen LogP contribution in [0, 0.1) is 23.5 Å². The van der Waals surface area contributed by atoms with Gasteiger partial charge < -0.3 is 9.84 Å². The number of halogens is 5. The van der Waals surface area contributed by atoms with Crippen LogP contribution in [0.2, 0.25) is 0 Å². The summed E-state index contributed by atoms with van der Waals surface area (Å²) in [6, 6.07) is 10.1. The second-order valence-electron chi connectivity index (χ2n) is 9.29. The molecule has 1 aliphatic carbocycles. The van der Waals surface area contributed by atoms with E-state index in [1.165, 1.54) is 18.2 Å². The van der Waals surface area contributed by atoms with E-state index in [-0.39, 0.29) is 47.9 Å². The monoisotopic (exact) mass is 553 g/mol. The maximum atomic E-state index is 14.5. The molecule has 38 heavy (non-hydrogen) atoms. The molecule has 5 rings (SSSR count). The van der Waals surface area contributed by atoms with E-state index < -0.39 is 56.3 Å². The van der Waals surface area contributed by atoms with E-state index in [1.54, 1.807) is 0 Å². The van der Waals surface area contributed by atoms with Crippen molar-refractivity contribution in [3.63, 3.8) is 0 Å². The highest BCUT2D eigenvalue weighted by molar-refractivity contribution is 7.92. The minimum absolute atomic E-state index is 0.0612. The quantitative estimate of drug-likeness (QED) is 0.409. The van der Waals surface area contributed by atoms with Gasteiger partial charge in [0.2, 0.25) is 0 Å². The lowest BCUT2D eigenvalue weighted by Crippen LogP contribution is -2.50. The highest BCUT2D eigenvalue weighted by atomic mass is 32.2. The lowest BCUT2D eigenvalue weighted by molar-refractivity contribution is -0.147. The Bertz CT molecular complexity index is 1520. The molecule has 2 aliphatic rings. The zero-order chi connectivity index (χ0) is 27.4. The third kappa shape index (κ3) is 4.68. The minimum Gasteiger partial charge on any atom is -0.486 e. The molecule has 0 amide bonds. The summed E-state index contributed by atoms with van der Waals surface area (Å²) in [5.41, 5.74) is -1.23. The Balaban J connectivity index is 1.59. The average Bonchev–Trinajstić information content (AvgIpc) is 2.83. The zero-order valence-corrected chi connectivity index (χ0v) is 20.3. The molecule has 3 aromatic carbocycles. The van der Waals surface area contributed by atoms with Crippen LogP contribution in [0.3, 0.4) is 0 Å². The van der Waals surface area contributed by atoms with Crippen molar-refractivity contribution in [2.45, 2.75) is 30.0 Å². The van der Waals surface area contributed by atoms with Crippen LogP contribution >= 0.6 is 0 Å². The van der Waals surface area contributed by atoms with Crippen molar-refractivity contribution in [1.29, 1.82) is 0 Å². The molecule has 12 heteroatoms. The molecule has 0 bridgehead atoms. The van der Waals surface area contributed by atoms with Crippen LogP contribution in [-0.4, -0.2) is 32.1 Å². The van der Waals surface area contributed by atoms with Gasteiger partial charge in [-0.1, -0.05) is 12.1 Å². The Morgan fingerprint density at radius 2 is 1.74 bits per heavy atom. The second-order valence-corrected chi connectivity index (χ2v) is 11.2. The highest BCUT2D eigenvalue weighted by Gasteiger charge is 2.45. The lowest BCUT2D eigenvalue weighted by atomic mass is 9.72. The summed E-state index contributed by atoms with van der Waals surface area (Å²) in [5.74, 6) is -3.30. The van der Waals surface area contributed by atoms with Crippen molar-refractivity contribution >= 4 is 21.7 Å². The van der Waals surface area contributed by atoms with Crippen molar-refractivity contribution in [3.8, 4) is 16.9 Å². The summed E-state index contributed by atoms with van der Waals surface area (Å²) in [6.45, 7) is -0.308. The van der Waals surface area contributed by atoms with Crippen molar-refractivity contribution in [1.82, 2.24) is 0 Å². The number of carboxylic acid groups (broad SMARTS) is 1. The lowest BCUT2D eigenvalue weighted by Gasteiger charge is -2.43. The molecule has 0 spiro atoms. The molecule has 1 fully saturated rings. The van der Waals surface area contributed by atoms with Gasteiger partial charge in [-0.05, 0) is 72.9 Å². The Morgan fingerprint density at radius 3 is 2.42 bits per heavy atom. The van der Waals surface area contributed by atoms with E-state index in [9.17, 15) is 40.3 Å². The number of aliphatic carboxylic acids is 1. The number of rotatable bonds is 5. The van der Waals surface area contributed by atoms with Gasteiger partial charge in [-0.3, -0.25) is 9.10 Å². The maximum absolute atomic E-state index is 14.5. The molecule has 0 aromatic heterocycles. The minimum atomic E-state index is -4.78. The Labute approximate surface area is 214 Å². The van der Waals surface area contributed by atoms with Crippen LogP contribution in [-0.2, 0) is 21.0 Å². The molecule has 1 N–H and O–H groups in total. The van der Waals surface area contributed by atoms with Gasteiger partial charge in [-0.15, -0.1) is 0 Å². The first-order valence-electron chi connectivity index (χ1n) is 11.5. The number of benzene rings is 3. The van der Waals surface area contributed by atoms with Gasteiger partial charge in [-0.25, -0.2) is 17.2 Å². The van der Waals surface area contributed by atoms with E-state index in [4.69, 9.17) is 4.74 Å². The first-order valence-corrected chi connectivity index (χ1v) is 13.0. The van der Waals surface area contributed by atoms with Gasteiger partial charge in [0.25, 0.3) is 10.0 Å². The van der Waals surface area contributed by atoms with Gasteiger partial charge in [0.1, 0.15) is 23.5 Å². The van der Waals surface area contributed by atoms with Crippen LogP contribution in [0.15, 0.2) is 65.6 Å². The number of sulfonamides is 1. The topological polar surface area (TPSA) is 83.9 Å². The summed E-state index contributed by atoms with van der Waals surface area (Å²) in [7, 11) is -4.59. The number of nitrogens with zero attached hydrogens (tertiary/aromatic N) is 1. The van der Waals surface area contributed by atoms with Gasteiger partial charge >= 0.3 is 12.1 Å². The standard InChI is InChI=1S/C26H20F5NO5S/c27-18-5-6-21(28)20(12-18)14-4-7-23-22(10-14)32(13-24(37-23)15-8-16(9-15)25(33)34)38(35,36)19-3-1-2-17(11-19)26(29,30)31/h1-7,10-12,15-16,24H,8-9,13H2,(H,33,34)/t15-,16-,24?. The van der Waals surface area contributed by atoms with Crippen LogP contribution in [0.4, 0.5) is 27.6 Å². The summed E-state index contributed by atoms with van der Waals surface area (Å²) >= 11 is 0. The fraction of sp³-hybridized carbons (Fsp3) is 0.269. The molecular formula is C26H20F5NO5S. The van der Waals surface area contributed by atoms with Gasteiger partial charge in [0, 0.05) is 5.56 Å². The Morgan fingerprint density at radius 1 is 1.00 bits per heavy atom. The molecule has 0 saturated heterocycles. The van der Waals surface area contributed by atoms with E-state index in [0.717, 1.165) is 40.7 Å². The molecule has 1 aliphatic heterocycles. The zero-order valence-electron chi connectivity index (χ0n) is 19.5. The first kappa shape index (κ1) is 26.0. The van der Waals surface area contributed by atoms with Crippen LogP contribution in [0.25, 0.3) is 11.1 Å². The third-order valence-electron chi connectivity index (χ3n) is 6.89.